The number of hydrazone groups is 1. The van der Waals surface area contributed by atoms with Crippen molar-refractivity contribution in [2.24, 2.45) is 16.9 Å². The van der Waals surface area contributed by atoms with Crippen molar-refractivity contribution in [3.63, 3.8) is 0 Å². The van der Waals surface area contributed by atoms with E-state index in [0.717, 1.165) is 29.3 Å². The second-order valence-electron chi connectivity index (χ2n) is 6.52. The summed E-state index contributed by atoms with van der Waals surface area (Å²) in [6.07, 6.45) is 6.44. The lowest BCUT2D eigenvalue weighted by molar-refractivity contribution is 0.438. The Morgan fingerprint density at radius 1 is 1.29 bits per heavy atom. The van der Waals surface area contributed by atoms with Crippen molar-refractivity contribution in [3.8, 4) is 0 Å². The van der Waals surface area contributed by atoms with Gasteiger partial charge in [-0.15, -0.1) is 10.2 Å². The Hall–Kier alpha value is -2.76. The van der Waals surface area contributed by atoms with Crippen molar-refractivity contribution in [3.05, 3.63) is 35.9 Å². The number of nitrogens with zero attached hydrogens (tertiary/aromatic N) is 4. The molecule has 1 aliphatic carbocycles. The van der Waals surface area contributed by atoms with Gasteiger partial charge in [-0.25, -0.2) is 5.43 Å². The summed E-state index contributed by atoms with van der Waals surface area (Å²) in [5.74, 6) is 1.46. The van der Waals surface area contributed by atoms with E-state index < -0.39 is 0 Å². The van der Waals surface area contributed by atoms with Gasteiger partial charge in [0.15, 0.2) is 5.65 Å². The zero-order valence-corrected chi connectivity index (χ0v) is 13.8. The lowest BCUT2D eigenvalue weighted by Gasteiger charge is -2.24. The van der Waals surface area contributed by atoms with Gasteiger partial charge in [-0.1, -0.05) is 36.8 Å². The maximum atomic E-state index is 4.46. The number of aromatic amines is 1. The maximum absolute atomic E-state index is 4.46. The molecule has 4 rings (SSSR count). The molecule has 0 unspecified atom stereocenters. The van der Waals surface area contributed by atoms with Crippen LogP contribution in [0.3, 0.4) is 0 Å². The number of para-hydroxylation sites is 1. The second kappa shape index (κ2) is 6.03. The van der Waals surface area contributed by atoms with Crippen LogP contribution in [0.15, 0.2) is 41.0 Å². The molecule has 2 aromatic heterocycles. The molecule has 3 aromatic rings. The fourth-order valence-electron chi connectivity index (χ4n) is 3.28. The average Bonchev–Trinajstić information content (AvgIpc) is 2.94. The predicted octanol–water partition coefficient (Wildman–Crippen LogP) is 3.90. The summed E-state index contributed by atoms with van der Waals surface area (Å²) >= 11 is 0. The van der Waals surface area contributed by atoms with Crippen molar-refractivity contribution < 1.29 is 0 Å². The van der Waals surface area contributed by atoms with E-state index in [1.54, 1.807) is 0 Å². The SMILES string of the molecule is CC1=CC[C@@H](/C=N\Nc2nnc3c(n2)[nH]c2ccccc23)[C@@H](C)C1. The molecule has 2 atom stereocenters. The van der Waals surface area contributed by atoms with E-state index in [9.17, 15) is 0 Å². The van der Waals surface area contributed by atoms with Gasteiger partial charge in [0.25, 0.3) is 5.95 Å². The van der Waals surface area contributed by atoms with Crippen LogP contribution in [0.25, 0.3) is 22.1 Å². The monoisotopic (exact) mass is 320 g/mol. The zero-order valence-electron chi connectivity index (χ0n) is 13.8. The number of anilines is 1. The van der Waals surface area contributed by atoms with E-state index in [1.165, 1.54) is 5.57 Å². The molecular formula is C18H20N6. The van der Waals surface area contributed by atoms with Gasteiger partial charge in [-0.05, 0) is 31.7 Å². The molecule has 122 valence electrons. The van der Waals surface area contributed by atoms with E-state index in [1.807, 2.05) is 30.5 Å². The lowest BCUT2D eigenvalue weighted by Crippen LogP contribution is -2.17. The first-order valence-corrected chi connectivity index (χ1v) is 8.26. The molecule has 0 spiro atoms. The molecule has 6 heteroatoms. The van der Waals surface area contributed by atoms with E-state index in [-0.39, 0.29) is 0 Å². The van der Waals surface area contributed by atoms with Crippen LogP contribution in [0.4, 0.5) is 5.95 Å². The van der Waals surface area contributed by atoms with Gasteiger partial charge >= 0.3 is 0 Å². The number of rotatable bonds is 3. The Kier molecular flexibility index (Phi) is 3.72. The van der Waals surface area contributed by atoms with Gasteiger partial charge in [0, 0.05) is 23.0 Å². The van der Waals surface area contributed by atoms with Crippen LogP contribution in [0, 0.1) is 11.8 Å². The van der Waals surface area contributed by atoms with Gasteiger partial charge in [-0.2, -0.15) is 10.1 Å². The molecule has 1 aliphatic rings. The molecule has 0 aliphatic heterocycles. The first-order chi connectivity index (χ1) is 11.7. The van der Waals surface area contributed by atoms with E-state index in [2.05, 4.69) is 50.6 Å². The van der Waals surface area contributed by atoms with E-state index in [0.29, 0.717) is 23.4 Å². The number of benzene rings is 1. The molecule has 6 nitrogen and oxygen atoms in total. The van der Waals surface area contributed by atoms with Gasteiger partial charge in [0.1, 0.15) is 5.52 Å². The smallest absolute Gasteiger partial charge is 0.265 e. The highest BCUT2D eigenvalue weighted by Crippen LogP contribution is 2.27. The Morgan fingerprint density at radius 2 is 2.17 bits per heavy atom. The molecule has 0 radical (unpaired) electrons. The number of hydrogen-bond acceptors (Lipinski definition) is 5. The Labute approximate surface area is 140 Å². The van der Waals surface area contributed by atoms with Crippen LogP contribution >= 0.6 is 0 Å². The Balaban J connectivity index is 1.52. The molecule has 0 fully saturated rings. The molecule has 2 heterocycles. The van der Waals surface area contributed by atoms with Gasteiger partial charge < -0.3 is 4.98 Å². The molecular weight excluding hydrogens is 300 g/mol. The lowest BCUT2D eigenvalue weighted by atomic mass is 9.82. The Morgan fingerprint density at radius 3 is 3.04 bits per heavy atom. The highest BCUT2D eigenvalue weighted by molar-refractivity contribution is 6.03. The summed E-state index contributed by atoms with van der Waals surface area (Å²) in [6.45, 7) is 4.46. The van der Waals surface area contributed by atoms with Crippen molar-refractivity contribution in [1.29, 1.82) is 0 Å². The number of fused-ring (bicyclic) bond motifs is 3. The predicted molar refractivity (Wildman–Crippen MR) is 96.9 cm³/mol. The van der Waals surface area contributed by atoms with Gasteiger partial charge in [0.2, 0.25) is 0 Å². The van der Waals surface area contributed by atoms with Crippen molar-refractivity contribution in [2.45, 2.75) is 26.7 Å². The topological polar surface area (TPSA) is 78.8 Å². The third-order valence-corrected chi connectivity index (χ3v) is 4.67. The van der Waals surface area contributed by atoms with Crippen molar-refractivity contribution in [2.75, 3.05) is 5.43 Å². The van der Waals surface area contributed by atoms with Gasteiger partial charge in [-0.3, -0.25) is 0 Å². The van der Waals surface area contributed by atoms with Crippen LogP contribution in [-0.2, 0) is 0 Å². The minimum atomic E-state index is 0.403. The number of H-pyrrole nitrogens is 1. The molecule has 0 amide bonds. The van der Waals surface area contributed by atoms with Crippen molar-refractivity contribution >= 4 is 34.2 Å². The van der Waals surface area contributed by atoms with Crippen molar-refractivity contribution in [1.82, 2.24) is 20.2 Å². The molecule has 24 heavy (non-hydrogen) atoms. The highest BCUT2D eigenvalue weighted by Gasteiger charge is 2.18. The molecule has 2 N–H and O–H groups in total. The standard InChI is InChI=1S/C18H20N6/c1-11-7-8-13(12(2)9-11)10-19-23-18-21-17-16(22-24-18)14-5-3-4-6-15(14)20-17/h3-7,10,12-13H,8-9H2,1-2H3,(H2,20,21,23,24)/b19-10-/t12-,13-/m0/s1. The Bertz CT molecular complexity index is 939. The zero-order chi connectivity index (χ0) is 16.5. The van der Waals surface area contributed by atoms with Crippen LogP contribution in [0.5, 0.6) is 0 Å². The van der Waals surface area contributed by atoms with Crippen LogP contribution in [0.2, 0.25) is 0 Å². The largest absolute Gasteiger partial charge is 0.338 e. The normalized spacial score (nSPS) is 21.5. The fourth-order valence-corrected chi connectivity index (χ4v) is 3.28. The highest BCUT2D eigenvalue weighted by atomic mass is 15.4. The molecule has 1 aromatic carbocycles. The fraction of sp³-hybridized carbons (Fsp3) is 0.333. The van der Waals surface area contributed by atoms with E-state index >= 15 is 0 Å². The maximum Gasteiger partial charge on any atom is 0.265 e. The summed E-state index contributed by atoms with van der Waals surface area (Å²) in [5, 5.41) is 13.7. The number of nitrogens with one attached hydrogen (secondary N) is 2. The third-order valence-electron chi connectivity index (χ3n) is 4.67. The third kappa shape index (κ3) is 2.75. The van der Waals surface area contributed by atoms with Crippen LogP contribution in [-0.4, -0.2) is 26.4 Å². The summed E-state index contributed by atoms with van der Waals surface area (Å²) in [5.41, 5.74) is 6.88. The number of allylic oxidation sites excluding steroid dienone is 2. The quantitative estimate of drug-likeness (QED) is 0.436. The minimum Gasteiger partial charge on any atom is -0.338 e. The number of hydrogen-bond donors (Lipinski definition) is 2. The number of aromatic nitrogens is 4. The van der Waals surface area contributed by atoms with Crippen LogP contribution in [0.1, 0.15) is 26.7 Å². The van der Waals surface area contributed by atoms with E-state index in [4.69, 9.17) is 0 Å². The van der Waals surface area contributed by atoms with Gasteiger partial charge in [0.05, 0.1) is 0 Å². The first kappa shape index (κ1) is 14.8. The molecule has 0 saturated carbocycles. The minimum absolute atomic E-state index is 0.403. The molecule has 0 saturated heterocycles. The molecule has 0 bridgehead atoms. The summed E-state index contributed by atoms with van der Waals surface area (Å²) < 4.78 is 0. The summed E-state index contributed by atoms with van der Waals surface area (Å²) in [4.78, 5) is 7.72. The average molecular weight is 320 g/mol. The summed E-state index contributed by atoms with van der Waals surface area (Å²) in [6, 6.07) is 7.98. The van der Waals surface area contributed by atoms with Crippen LogP contribution < -0.4 is 5.43 Å². The first-order valence-electron chi connectivity index (χ1n) is 8.26. The second-order valence-corrected chi connectivity index (χ2v) is 6.52. The summed E-state index contributed by atoms with van der Waals surface area (Å²) in [7, 11) is 0.